The lowest BCUT2D eigenvalue weighted by Crippen LogP contribution is -2.10. The predicted molar refractivity (Wildman–Crippen MR) is 106 cm³/mol. The minimum atomic E-state index is 0.412. The molecule has 0 radical (unpaired) electrons. The third-order valence-electron chi connectivity index (χ3n) is 3.34. The van der Waals surface area contributed by atoms with Gasteiger partial charge in [-0.05, 0) is 52.4 Å². The number of benzene rings is 2. The van der Waals surface area contributed by atoms with Crippen molar-refractivity contribution in [2.75, 3.05) is 20.3 Å². The quantitative estimate of drug-likeness (QED) is 0.291. The highest BCUT2D eigenvalue weighted by atomic mass is 127. The van der Waals surface area contributed by atoms with E-state index in [1.165, 1.54) is 17.3 Å². The van der Waals surface area contributed by atoms with Gasteiger partial charge in [0.1, 0.15) is 31.6 Å². The summed E-state index contributed by atoms with van der Waals surface area (Å²) in [6.45, 7) is 0.857. The van der Waals surface area contributed by atoms with Crippen molar-refractivity contribution in [2.24, 2.45) is 5.10 Å². The molecule has 0 saturated carbocycles. The van der Waals surface area contributed by atoms with Gasteiger partial charge in [0.15, 0.2) is 11.5 Å². The van der Waals surface area contributed by atoms with Crippen molar-refractivity contribution in [3.8, 4) is 17.2 Å². The highest BCUT2D eigenvalue weighted by Gasteiger charge is 2.11. The van der Waals surface area contributed by atoms with E-state index in [1.807, 2.05) is 42.5 Å². The Balaban J connectivity index is 1.63. The maximum Gasteiger partial charge on any atom is 0.174 e. The minimum Gasteiger partial charge on any atom is -0.493 e. The number of aromatic nitrogens is 3. The standard InChI is InChI=1S/C18H17IN4O3/c1-24-17-10-14(11-22-23-12-20-21-13-23)9-16(19)18(17)26-8-7-25-15-5-3-2-4-6-15/h2-6,9-13H,7-8H2,1H3/b22-11+. The van der Waals surface area contributed by atoms with Gasteiger partial charge < -0.3 is 14.2 Å². The van der Waals surface area contributed by atoms with Crippen molar-refractivity contribution < 1.29 is 14.2 Å². The van der Waals surface area contributed by atoms with Crippen molar-refractivity contribution >= 4 is 28.8 Å². The summed E-state index contributed by atoms with van der Waals surface area (Å²) in [6.07, 6.45) is 4.74. The van der Waals surface area contributed by atoms with Gasteiger partial charge in [0.2, 0.25) is 0 Å². The molecule has 0 spiro atoms. The highest BCUT2D eigenvalue weighted by molar-refractivity contribution is 14.1. The van der Waals surface area contributed by atoms with E-state index in [9.17, 15) is 0 Å². The fraction of sp³-hybridized carbons (Fsp3) is 0.167. The van der Waals surface area contributed by atoms with Crippen LogP contribution in [-0.2, 0) is 0 Å². The molecular weight excluding hydrogens is 447 g/mol. The Kier molecular flexibility index (Phi) is 6.42. The zero-order valence-corrected chi connectivity index (χ0v) is 16.2. The molecule has 0 bridgehead atoms. The third kappa shape index (κ3) is 4.94. The van der Waals surface area contributed by atoms with Crippen molar-refractivity contribution in [2.45, 2.75) is 0 Å². The van der Waals surface area contributed by atoms with Crippen LogP contribution in [0.5, 0.6) is 17.2 Å². The number of ether oxygens (including phenoxy) is 3. The molecular formula is C18H17IN4O3. The van der Waals surface area contributed by atoms with Crippen LogP contribution in [0.25, 0.3) is 0 Å². The van der Waals surface area contributed by atoms with Crippen molar-refractivity contribution in [3.05, 3.63) is 64.3 Å². The van der Waals surface area contributed by atoms with Gasteiger partial charge in [-0.25, -0.2) is 4.68 Å². The monoisotopic (exact) mass is 464 g/mol. The minimum absolute atomic E-state index is 0.412. The molecule has 0 atom stereocenters. The molecule has 1 heterocycles. The molecule has 3 rings (SSSR count). The Labute approximate surface area is 164 Å². The molecule has 2 aromatic carbocycles. The van der Waals surface area contributed by atoms with Crippen LogP contribution in [0.15, 0.2) is 60.2 Å². The van der Waals surface area contributed by atoms with E-state index in [-0.39, 0.29) is 0 Å². The van der Waals surface area contributed by atoms with Crippen LogP contribution in [0.4, 0.5) is 0 Å². The number of hydrogen-bond acceptors (Lipinski definition) is 6. The fourth-order valence-electron chi connectivity index (χ4n) is 2.16. The van der Waals surface area contributed by atoms with Crippen LogP contribution >= 0.6 is 22.6 Å². The number of rotatable bonds is 8. The summed E-state index contributed by atoms with van der Waals surface area (Å²) in [6, 6.07) is 13.5. The van der Waals surface area contributed by atoms with E-state index in [0.29, 0.717) is 24.7 Å². The van der Waals surface area contributed by atoms with E-state index >= 15 is 0 Å². The Morgan fingerprint density at radius 2 is 1.81 bits per heavy atom. The van der Waals surface area contributed by atoms with E-state index in [0.717, 1.165) is 14.9 Å². The Morgan fingerprint density at radius 1 is 1.08 bits per heavy atom. The van der Waals surface area contributed by atoms with Gasteiger partial charge in [-0.3, -0.25) is 0 Å². The maximum atomic E-state index is 5.86. The number of nitrogens with zero attached hydrogens (tertiary/aromatic N) is 4. The molecule has 1 aromatic heterocycles. The average Bonchev–Trinajstić information content (AvgIpc) is 3.19. The maximum absolute atomic E-state index is 5.86. The molecule has 0 aliphatic carbocycles. The smallest absolute Gasteiger partial charge is 0.174 e. The second-order valence-electron chi connectivity index (χ2n) is 5.13. The topological polar surface area (TPSA) is 70.8 Å². The van der Waals surface area contributed by atoms with Crippen LogP contribution in [0, 0.1) is 3.57 Å². The first-order valence-electron chi connectivity index (χ1n) is 7.83. The summed E-state index contributed by atoms with van der Waals surface area (Å²) in [7, 11) is 1.61. The fourth-order valence-corrected chi connectivity index (χ4v) is 2.94. The van der Waals surface area contributed by atoms with Crippen molar-refractivity contribution in [3.63, 3.8) is 0 Å². The molecule has 0 aliphatic heterocycles. The molecule has 0 amide bonds. The molecule has 26 heavy (non-hydrogen) atoms. The first-order chi connectivity index (χ1) is 12.8. The average molecular weight is 464 g/mol. The van der Waals surface area contributed by atoms with E-state index in [4.69, 9.17) is 14.2 Å². The van der Waals surface area contributed by atoms with Crippen LogP contribution in [0.2, 0.25) is 0 Å². The van der Waals surface area contributed by atoms with Gasteiger partial charge in [-0.15, -0.1) is 10.2 Å². The zero-order chi connectivity index (χ0) is 18.2. The van der Waals surface area contributed by atoms with Crippen LogP contribution in [0.1, 0.15) is 5.56 Å². The van der Waals surface area contributed by atoms with E-state index in [1.54, 1.807) is 13.3 Å². The normalized spacial score (nSPS) is 10.8. The molecule has 0 unspecified atom stereocenters. The number of halogens is 1. The molecule has 0 aliphatic rings. The first-order valence-corrected chi connectivity index (χ1v) is 8.91. The molecule has 0 fully saturated rings. The van der Waals surface area contributed by atoms with Crippen LogP contribution in [-0.4, -0.2) is 41.4 Å². The van der Waals surface area contributed by atoms with Crippen molar-refractivity contribution in [1.82, 2.24) is 14.9 Å². The third-order valence-corrected chi connectivity index (χ3v) is 4.14. The predicted octanol–water partition coefficient (Wildman–Crippen LogP) is 3.23. The Morgan fingerprint density at radius 3 is 2.54 bits per heavy atom. The number of methoxy groups -OCH3 is 1. The number of hydrogen-bond donors (Lipinski definition) is 0. The van der Waals surface area contributed by atoms with Gasteiger partial charge in [0, 0.05) is 0 Å². The Hall–Kier alpha value is -2.62. The molecule has 7 nitrogen and oxygen atoms in total. The molecule has 134 valence electrons. The van der Waals surface area contributed by atoms with Gasteiger partial charge in [0.25, 0.3) is 0 Å². The summed E-state index contributed by atoms with van der Waals surface area (Å²) in [4.78, 5) is 0. The van der Waals surface area contributed by atoms with Crippen LogP contribution in [0.3, 0.4) is 0 Å². The second kappa shape index (κ2) is 9.18. The summed E-state index contributed by atoms with van der Waals surface area (Å²) >= 11 is 2.21. The lowest BCUT2D eigenvalue weighted by atomic mass is 10.2. The summed E-state index contributed by atoms with van der Waals surface area (Å²) in [5, 5.41) is 11.6. The molecule has 3 aromatic rings. The molecule has 8 heteroatoms. The molecule has 0 N–H and O–H groups in total. The Bertz CT molecular complexity index is 854. The van der Waals surface area contributed by atoms with E-state index < -0.39 is 0 Å². The van der Waals surface area contributed by atoms with Gasteiger partial charge in [0.05, 0.1) is 16.9 Å². The lowest BCUT2D eigenvalue weighted by molar-refractivity contribution is 0.210. The van der Waals surface area contributed by atoms with Gasteiger partial charge in [-0.1, -0.05) is 18.2 Å². The van der Waals surface area contributed by atoms with Gasteiger partial charge in [-0.2, -0.15) is 5.10 Å². The number of para-hydroxylation sites is 1. The molecule has 0 saturated heterocycles. The summed E-state index contributed by atoms with van der Waals surface area (Å²) < 4.78 is 19.4. The zero-order valence-electron chi connectivity index (χ0n) is 14.1. The summed E-state index contributed by atoms with van der Waals surface area (Å²) in [5.41, 5.74) is 0.882. The summed E-state index contributed by atoms with van der Waals surface area (Å²) in [5.74, 6) is 2.14. The highest BCUT2D eigenvalue weighted by Crippen LogP contribution is 2.33. The first kappa shape index (κ1) is 18.2. The second-order valence-corrected chi connectivity index (χ2v) is 6.29. The SMILES string of the molecule is COc1cc(/C=N/n2cnnc2)cc(I)c1OCCOc1ccccc1. The largest absolute Gasteiger partial charge is 0.493 e. The van der Waals surface area contributed by atoms with Gasteiger partial charge >= 0.3 is 0 Å². The lowest BCUT2D eigenvalue weighted by Gasteiger charge is -2.14. The van der Waals surface area contributed by atoms with Crippen LogP contribution < -0.4 is 14.2 Å². The van der Waals surface area contributed by atoms with Crippen molar-refractivity contribution in [1.29, 1.82) is 0 Å². The van der Waals surface area contributed by atoms with E-state index in [2.05, 4.69) is 37.9 Å².